The summed E-state index contributed by atoms with van der Waals surface area (Å²) in [5, 5.41) is 13.2. The summed E-state index contributed by atoms with van der Waals surface area (Å²) in [6.45, 7) is 0. The Morgan fingerprint density at radius 3 is 2.74 bits per heavy atom. The Labute approximate surface area is 108 Å². The largest absolute Gasteiger partial charge is 0.481 e. The normalized spacial score (nSPS) is 10.7. The lowest BCUT2D eigenvalue weighted by atomic mass is 10.2. The lowest BCUT2D eigenvalue weighted by molar-refractivity contribution is -0.136. The number of carboxylic acids is 1. The zero-order chi connectivity index (χ0) is 13.2. The van der Waals surface area contributed by atoms with Crippen LogP contribution in [0.4, 0.5) is 0 Å². The highest BCUT2D eigenvalue weighted by atomic mass is 16.4. The molecular formula is C13H10N4O2. The Bertz CT molecular complexity index is 737. The molecule has 0 amide bonds. The third-order valence-corrected chi connectivity index (χ3v) is 2.68. The third-order valence-electron chi connectivity index (χ3n) is 2.68. The SMILES string of the molecule is O=C(O)Cc1cn2nc(-c3ccncc3)ccc2n1. The van der Waals surface area contributed by atoms with Crippen molar-refractivity contribution in [3.05, 3.63) is 48.5 Å². The summed E-state index contributed by atoms with van der Waals surface area (Å²) in [6, 6.07) is 7.39. The molecule has 0 aliphatic heterocycles. The molecule has 0 aromatic carbocycles. The predicted octanol–water partition coefficient (Wildman–Crippen LogP) is 1.42. The van der Waals surface area contributed by atoms with Crippen LogP contribution >= 0.6 is 0 Å². The molecule has 3 heterocycles. The van der Waals surface area contributed by atoms with Gasteiger partial charge in [-0.05, 0) is 24.3 Å². The molecule has 0 spiro atoms. The topological polar surface area (TPSA) is 80.4 Å². The van der Waals surface area contributed by atoms with Crippen LogP contribution in [0.15, 0.2) is 42.9 Å². The predicted molar refractivity (Wildman–Crippen MR) is 67.6 cm³/mol. The number of aliphatic carboxylic acids is 1. The first-order valence-electron chi connectivity index (χ1n) is 5.70. The van der Waals surface area contributed by atoms with Crippen LogP contribution in [0.5, 0.6) is 0 Å². The van der Waals surface area contributed by atoms with Crippen LogP contribution in [-0.4, -0.2) is 30.7 Å². The summed E-state index contributed by atoms with van der Waals surface area (Å²) >= 11 is 0. The molecule has 94 valence electrons. The fourth-order valence-corrected chi connectivity index (χ4v) is 1.85. The zero-order valence-corrected chi connectivity index (χ0v) is 9.89. The molecule has 3 aromatic heterocycles. The van der Waals surface area contributed by atoms with Gasteiger partial charge in [-0.2, -0.15) is 5.10 Å². The molecular weight excluding hydrogens is 244 g/mol. The van der Waals surface area contributed by atoms with E-state index in [-0.39, 0.29) is 6.42 Å². The van der Waals surface area contributed by atoms with E-state index in [1.54, 1.807) is 23.1 Å². The van der Waals surface area contributed by atoms with Gasteiger partial charge in [0.15, 0.2) is 5.65 Å². The van der Waals surface area contributed by atoms with Crippen LogP contribution in [0.2, 0.25) is 0 Å². The lowest BCUT2D eigenvalue weighted by Crippen LogP contribution is -1.99. The molecule has 0 aliphatic carbocycles. The molecule has 6 heteroatoms. The minimum absolute atomic E-state index is 0.103. The highest BCUT2D eigenvalue weighted by molar-refractivity contribution is 5.70. The van der Waals surface area contributed by atoms with E-state index in [0.717, 1.165) is 11.3 Å². The van der Waals surface area contributed by atoms with E-state index >= 15 is 0 Å². The molecule has 19 heavy (non-hydrogen) atoms. The van der Waals surface area contributed by atoms with E-state index in [4.69, 9.17) is 5.11 Å². The average Bonchev–Trinajstić information content (AvgIpc) is 2.79. The van der Waals surface area contributed by atoms with Gasteiger partial charge in [0.1, 0.15) is 0 Å². The number of carboxylic acid groups (broad SMARTS) is 1. The number of imidazole rings is 1. The summed E-state index contributed by atoms with van der Waals surface area (Å²) in [4.78, 5) is 18.8. The first-order valence-corrected chi connectivity index (χ1v) is 5.70. The first-order chi connectivity index (χ1) is 9.22. The van der Waals surface area contributed by atoms with Gasteiger partial charge < -0.3 is 5.11 Å². The zero-order valence-electron chi connectivity index (χ0n) is 9.89. The number of nitrogens with zero attached hydrogens (tertiary/aromatic N) is 4. The lowest BCUT2D eigenvalue weighted by Gasteiger charge is -2.00. The standard InChI is InChI=1S/C13H10N4O2/c18-13(19)7-10-8-17-12(15-10)2-1-11(16-17)9-3-5-14-6-4-9/h1-6,8H,7H2,(H,18,19). The fraction of sp³-hybridized carbons (Fsp3) is 0.0769. The second-order valence-electron chi connectivity index (χ2n) is 4.06. The number of fused-ring (bicyclic) bond motifs is 1. The van der Waals surface area contributed by atoms with Gasteiger partial charge in [0.05, 0.1) is 24.0 Å². The van der Waals surface area contributed by atoms with Gasteiger partial charge in [0.25, 0.3) is 0 Å². The number of rotatable bonds is 3. The minimum atomic E-state index is -0.905. The molecule has 3 rings (SSSR count). The number of pyridine rings is 1. The smallest absolute Gasteiger partial charge is 0.309 e. The quantitative estimate of drug-likeness (QED) is 0.764. The molecule has 0 atom stereocenters. The Kier molecular flexibility index (Phi) is 2.68. The number of hydrogen-bond donors (Lipinski definition) is 1. The fourth-order valence-electron chi connectivity index (χ4n) is 1.85. The van der Waals surface area contributed by atoms with Crippen molar-refractivity contribution in [2.24, 2.45) is 0 Å². The van der Waals surface area contributed by atoms with E-state index in [1.165, 1.54) is 0 Å². The van der Waals surface area contributed by atoms with E-state index in [0.29, 0.717) is 11.3 Å². The van der Waals surface area contributed by atoms with Gasteiger partial charge in [0, 0.05) is 18.0 Å². The van der Waals surface area contributed by atoms with E-state index in [9.17, 15) is 4.79 Å². The summed E-state index contributed by atoms with van der Waals surface area (Å²) < 4.78 is 1.59. The molecule has 0 saturated heterocycles. The van der Waals surface area contributed by atoms with E-state index in [1.807, 2.05) is 24.3 Å². The molecule has 6 nitrogen and oxygen atoms in total. The van der Waals surface area contributed by atoms with E-state index in [2.05, 4.69) is 15.1 Å². The van der Waals surface area contributed by atoms with Gasteiger partial charge in [-0.25, -0.2) is 9.50 Å². The van der Waals surface area contributed by atoms with Gasteiger partial charge in [-0.15, -0.1) is 0 Å². The maximum atomic E-state index is 10.7. The highest BCUT2D eigenvalue weighted by Gasteiger charge is 2.07. The van der Waals surface area contributed by atoms with Crippen molar-refractivity contribution in [1.82, 2.24) is 19.6 Å². The van der Waals surface area contributed by atoms with Crippen molar-refractivity contribution in [1.29, 1.82) is 0 Å². The Morgan fingerprint density at radius 1 is 1.21 bits per heavy atom. The Balaban J connectivity index is 2.03. The summed E-state index contributed by atoms with van der Waals surface area (Å²) in [7, 11) is 0. The summed E-state index contributed by atoms with van der Waals surface area (Å²) in [5.74, 6) is -0.905. The molecule has 0 radical (unpaired) electrons. The van der Waals surface area contributed by atoms with Gasteiger partial charge in [-0.1, -0.05) is 0 Å². The van der Waals surface area contributed by atoms with Crippen molar-refractivity contribution in [2.75, 3.05) is 0 Å². The van der Waals surface area contributed by atoms with Gasteiger partial charge in [-0.3, -0.25) is 9.78 Å². The first kappa shape index (κ1) is 11.3. The summed E-state index contributed by atoms with van der Waals surface area (Å²) in [6.07, 6.45) is 4.93. The van der Waals surface area contributed by atoms with Crippen LogP contribution in [0, 0.1) is 0 Å². The number of carbonyl (C=O) groups is 1. The van der Waals surface area contributed by atoms with Crippen LogP contribution in [0.25, 0.3) is 16.9 Å². The maximum Gasteiger partial charge on any atom is 0.309 e. The Hall–Kier alpha value is -2.76. The van der Waals surface area contributed by atoms with Crippen molar-refractivity contribution in [3.63, 3.8) is 0 Å². The second-order valence-corrected chi connectivity index (χ2v) is 4.06. The molecule has 0 bridgehead atoms. The van der Waals surface area contributed by atoms with Crippen molar-refractivity contribution in [3.8, 4) is 11.3 Å². The second kappa shape index (κ2) is 4.49. The number of hydrogen-bond acceptors (Lipinski definition) is 4. The maximum absolute atomic E-state index is 10.7. The van der Waals surface area contributed by atoms with Crippen LogP contribution in [-0.2, 0) is 11.2 Å². The number of aromatic nitrogens is 4. The average molecular weight is 254 g/mol. The third kappa shape index (κ3) is 2.28. The van der Waals surface area contributed by atoms with Gasteiger partial charge in [0.2, 0.25) is 0 Å². The van der Waals surface area contributed by atoms with E-state index < -0.39 is 5.97 Å². The molecule has 0 aliphatic rings. The molecule has 1 N–H and O–H groups in total. The van der Waals surface area contributed by atoms with Crippen molar-refractivity contribution < 1.29 is 9.90 Å². The minimum Gasteiger partial charge on any atom is -0.481 e. The summed E-state index contributed by atoms with van der Waals surface area (Å²) in [5.41, 5.74) is 2.86. The van der Waals surface area contributed by atoms with Crippen LogP contribution in [0.3, 0.4) is 0 Å². The van der Waals surface area contributed by atoms with Gasteiger partial charge >= 0.3 is 5.97 Å². The monoisotopic (exact) mass is 254 g/mol. The van der Waals surface area contributed by atoms with Crippen molar-refractivity contribution in [2.45, 2.75) is 6.42 Å². The highest BCUT2D eigenvalue weighted by Crippen LogP contribution is 2.16. The molecule has 0 fully saturated rings. The molecule has 0 saturated carbocycles. The molecule has 0 unspecified atom stereocenters. The van der Waals surface area contributed by atoms with Crippen LogP contribution < -0.4 is 0 Å². The Morgan fingerprint density at radius 2 is 2.00 bits per heavy atom. The van der Waals surface area contributed by atoms with Crippen molar-refractivity contribution >= 4 is 11.6 Å². The molecule has 3 aromatic rings. The van der Waals surface area contributed by atoms with Crippen LogP contribution in [0.1, 0.15) is 5.69 Å².